The lowest BCUT2D eigenvalue weighted by Gasteiger charge is -2.39. The van der Waals surface area contributed by atoms with Crippen molar-refractivity contribution in [3.05, 3.63) is 95.6 Å². The van der Waals surface area contributed by atoms with Gasteiger partial charge in [0.1, 0.15) is 11.5 Å². The summed E-state index contributed by atoms with van der Waals surface area (Å²) in [6.45, 7) is 4.09. The zero-order chi connectivity index (χ0) is 28.4. The Kier molecular flexibility index (Phi) is 9.91. The second-order valence-electron chi connectivity index (χ2n) is 11.2. The van der Waals surface area contributed by atoms with Gasteiger partial charge in [0.25, 0.3) is 0 Å². The summed E-state index contributed by atoms with van der Waals surface area (Å²) in [5.74, 6) is 2.41. The molecule has 7 nitrogen and oxygen atoms in total. The van der Waals surface area contributed by atoms with Crippen molar-refractivity contribution in [2.24, 2.45) is 11.8 Å². The number of piperidine rings is 1. The normalized spacial score (nSPS) is 20.0. The van der Waals surface area contributed by atoms with E-state index < -0.39 is 0 Å². The fourth-order valence-corrected chi connectivity index (χ4v) is 6.04. The Morgan fingerprint density at radius 2 is 1.78 bits per heavy atom. The Balaban J connectivity index is 1.29. The summed E-state index contributed by atoms with van der Waals surface area (Å²) in [7, 11) is 1.67. The average Bonchev–Trinajstić information content (AvgIpc) is 3.00. The van der Waals surface area contributed by atoms with Crippen LogP contribution in [0.15, 0.2) is 78.9 Å². The molecule has 2 aliphatic heterocycles. The van der Waals surface area contributed by atoms with Gasteiger partial charge in [0, 0.05) is 44.7 Å². The molecule has 0 aromatic heterocycles. The lowest BCUT2D eigenvalue weighted by molar-refractivity contribution is -0.135. The van der Waals surface area contributed by atoms with Crippen LogP contribution in [0.25, 0.3) is 0 Å². The number of methoxy groups -OCH3 is 1. The highest BCUT2D eigenvalue weighted by Gasteiger charge is 2.33. The monoisotopic (exact) mass is 555 g/mol. The van der Waals surface area contributed by atoms with E-state index in [9.17, 15) is 9.59 Å². The molecule has 2 amide bonds. The Bertz CT molecular complexity index is 1300. The first-order valence-corrected chi connectivity index (χ1v) is 14.7. The Morgan fingerprint density at radius 3 is 2.63 bits per heavy atom. The van der Waals surface area contributed by atoms with Crippen molar-refractivity contribution in [2.45, 2.75) is 45.3 Å². The Labute approximate surface area is 243 Å². The molecule has 0 aliphatic carbocycles. The maximum Gasteiger partial charge on any atom is 0.236 e. The van der Waals surface area contributed by atoms with Crippen molar-refractivity contribution < 1.29 is 19.1 Å². The summed E-state index contributed by atoms with van der Waals surface area (Å²) in [6, 6.07) is 26.1. The van der Waals surface area contributed by atoms with Crippen LogP contribution in [0.2, 0.25) is 0 Å². The highest BCUT2D eigenvalue weighted by molar-refractivity contribution is 5.79. The third kappa shape index (κ3) is 8.10. The fraction of sp³-hybridized carbons (Fsp3) is 0.412. The number of ether oxygens (including phenoxy) is 2. The third-order valence-corrected chi connectivity index (χ3v) is 8.27. The topological polar surface area (TPSA) is 71.1 Å². The number of hydrogen-bond acceptors (Lipinski definition) is 5. The molecule has 0 saturated carbocycles. The fourth-order valence-electron chi connectivity index (χ4n) is 6.04. The van der Waals surface area contributed by atoms with E-state index in [1.165, 1.54) is 0 Å². The standard InChI is InChI=1S/C34H41N3O4/c1-40-31-14-7-11-27(19-31)22-36-23-30-12-5-6-15-32(30)41-18-8-13-29-24-37(34(39)25-36)17-16-28(29)20-33(38)35-21-26-9-3-2-4-10-26/h2-7,9-12,14-15,19,28-29H,8,13,16-18,20-25H2,1H3,(H,35,38)/t28-,29-/m0/s1. The molecule has 2 atom stereocenters. The number of nitrogens with zero attached hydrogens (tertiary/aromatic N) is 2. The third-order valence-electron chi connectivity index (χ3n) is 8.27. The van der Waals surface area contributed by atoms with E-state index in [0.29, 0.717) is 52.3 Å². The zero-order valence-electron chi connectivity index (χ0n) is 24.0. The zero-order valence-corrected chi connectivity index (χ0v) is 24.0. The largest absolute Gasteiger partial charge is 0.497 e. The predicted molar refractivity (Wildman–Crippen MR) is 159 cm³/mol. The van der Waals surface area contributed by atoms with Crippen molar-refractivity contribution in [1.82, 2.24) is 15.1 Å². The Hall–Kier alpha value is -3.84. The van der Waals surface area contributed by atoms with Gasteiger partial charge in [-0.2, -0.15) is 0 Å². The highest BCUT2D eigenvalue weighted by Crippen LogP contribution is 2.31. The minimum absolute atomic E-state index is 0.0798. The summed E-state index contributed by atoms with van der Waals surface area (Å²) in [6.07, 6.45) is 3.14. The number of carbonyl (C=O) groups excluding carboxylic acids is 2. The van der Waals surface area contributed by atoms with E-state index in [2.05, 4.69) is 22.3 Å². The van der Waals surface area contributed by atoms with E-state index in [1.807, 2.05) is 71.6 Å². The smallest absolute Gasteiger partial charge is 0.236 e. The van der Waals surface area contributed by atoms with Crippen LogP contribution >= 0.6 is 0 Å². The molecule has 2 bridgehead atoms. The van der Waals surface area contributed by atoms with E-state index in [1.54, 1.807) is 7.11 Å². The van der Waals surface area contributed by atoms with Crippen molar-refractivity contribution in [2.75, 3.05) is 33.4 Å². The summed E-state index contributed by atoms with van der Waals surface area (Å²) >= 11 is 0. The number of rotatable bonds is 7. The maximum atomic E-state index is 13.7. The molecule has 1 saturated heterocycles. The Morgan fingerprint density at radius 1 is 0.976 bits per heavy atom. The van der Waals surface area contributed by atoms with Crippen molar-refractivity contribution in [1.29, 1.82) is 0 Å². The number of carbonyl (C=O) groups is 2. The van der Waals surface area contributed by atoms with Crippen LogP contribution in [-0.2, 0) is 29.2 Å². The summed E-state index contributed by atoms with van der Waals surface area (Å²) < 4.78 is 11.7. The van der Waals surface area contributed by atoms with Crippen molar-refractivity contribution >= 4 is 11.8 Å². The van der Waals surface area contributed by atoms with Crippen LogP contribution in [0.1, 0.15) is 42.4 Å². The second kappa shape index (κ2) is 14.2. The molecule has 3 aromatic carbocycles. The molecule has 41 heavy (non-hydrogen) atoms. The lowest BCUT2D eigenvalue weighted by Crippen LogP contribution is -2.48. The number of hydrogen-bond donors (Lipinski definition) is 1. The molecule has 3 aromatic rings. The lowest BCUT2D eigenvalue weighted by atomic mass is 9.80. The van der Waals surface area contributed by atoms with Crippen LogP contribution in [0.5, 0.6) is 11.5 Å². The molecule has 7 heteroatoms. The molecular weight excluding hydrogens is 514 g/mol. The van der Waals surface area contributed by atoms with E-state index >= 15 is 0 Å². The summed E-state index contributed by atoms with van der Waals surface area (Å²) in [4.78, 5) is 30.8. The van der Waals surface area contributed by atoms with Crippen LogP contribution < -0.4 is 14.8 Å². The van der Waals surface area contributed by atoms with Gasteiger partial charge in [0.15, 0.2) is 0 Å². The van der Waals surface area contributed by atoms with Gasteiger partial charge in [-0.15, -0.1) is 0 Å². The molecule has 5 rings (SSSR count). The molecule has 216 valence electrons. The van der Waals surface area contributed by atoms with Crippen molar-refractivity contribution in [3.8, 4) is 11.5 Å². The molecule has 2 aliphatic rings. The molecule has 1 N–H and O–H groups in total. The van der Waals surface area contributed by atoms with Gasteiger partial charge in [0.05, 0.1) is 20.3 Å². The maximum absolute atomic E-state index is 13.7. The average molecular weight is 556 g/mol. The molecule has 0 unspecified atom stereocenters. The first-order chi connectivity index (χ1) is 20.1. The number of para-hydroxylation sites is 1. The predicted octanol–water partition coefficient (Wildman–Crippen LogP) is 5.04. The van der Waals surface area contributed by atoms with Gasteiger partial charge in [-0.3, -0.25) is 14.5 Å². The molecule has 1 fully saturated rings. The number of amides is 2. The van der Waals surface area contributed by atoms with E-state index in [4.69, 9.17) is 9.47 Å². The molecule has 2 heterocycles. The van der Waals surface area contributed by atoms with Crippen molar-refractivity contribution in [3.63, 3.8) is 0 Å². The number of benzene rings is 3. The first kappa shape index (κ1) is 28.7. The quantitative estimate of drug-likeness (QED) is 0.442. The number of fused-ring (bicyclic) bond motifs is 3. The van der Waals surface area contributed by atoms with Crippen LogP contribution in [-0.4, -0.2) is 55.0 Å². The van der Waals surface area contributed by atoms with Gasteiger partial charge in [0.2, 0.25) is 11.8 Å². The van der Waals surface area contributed by atoms with Gasteiger partial charge in [-0.1, -0.05) is 60.7 Å². The van der Waals surface area contributed by atoms with Crippen LogP contribution in [0.4, 0.5) is 0 Å². The first-order valence-electron chi connectivity index (χ1n) is 14.7. The minimum atomic E-state index is 0.0798. The van der Waals surface area contributed by atoms with Crippen LogP contribution in [0, 0.1) is 11.8 Å². The molecule has 0 spiro atoms. The van der Waals surface area contributed by atoms with E-state index in [-0.39, 0.29) is 23.7 Å². The van der Waals surface area contributed by atoms with Crippen LogP contribution in [0.3, 0.4) is 0 Å². The highest BCUT2D eigenvalue weighted by atomic mass is 16.5. The number of nitrogens with one attached hydrogen (secondary N) is 1. The van der Waals surface area contributed by atoms with Gasteiger partial charge in [-0.25, -0.2) is 0 Å². The molecular formula is C34H41N3O4. The summed E-state index contributed by atoms with van der Waals surface area (Å²) in [5, 5.41) is 3.09. The van der Waals surface area contributed by atoms with Gasteiger partial charge < -0.3 is 19.7 Å². The van der Waals surface area contributed by atoms with Gasteiger partial charge in [-0.05, 0) is 60.4 Å². The molecule has 0 radical (unpaired) electrons. The minimum Gasteiger partial charge on any atom is -0.497 e. The van der Waals surface area contributed by atoms with Gasteiger partial charge >= 0.3 is 0 Å². The second-order valence-corrected chi connectivity index (χ2v) is 11.2. The summed E-state index contributed by atoms with van der Waals surface area (Å²) in [5.41, 5.74) is 3.27. The van der Waals surface area contributed by atoms with E-state index in [0.717, 1.165) is 47.5 Å². The SMILES string of the molecule is COc1cccc(CN2CC(=O)N3CC[C@@H](CC(=O)NCc4ccccc4)[C@@H](CCCOc4ccccc4C2)C3)c1.